The van der Waals surface area contributed by atoms with E-state index in [9.17, 15) is 0 Å². The largest absolute Gasteiger partial charge is 0.328 e. The summed E-state index contributed by atoms with van der Waals surface area (Å²) in [5.41, 5.74) is 5.98. The maximum atomic E-state index is 5.98. The second kappa shape index (κ2) is 6.60. The second-order valence-electron chi connectivity index (χ2n) is 4.58. The van der Waals surface area contributed by atoms with Crippen molar-refractivity contribution >= 4 is 23.7 Å². The Morgan fingerprint density at radius 2 is 2.44 bits per heavy atom. The summed E-state index contributed by atoms with van der Waals surface area (Å²) in [6.07, 6.45) is 2.61. The first kappa shape index (κ1) is 14.0. The normalized spacial score (nSPS) is 23.8. The molecule has 0 aromatic carbocycles. The number of nitrogens with zero attached hydrogens (tertiary/aromatic N) is 1. The number of piperidine rings is 1. The monoisotopic (exact) mass is 260 g/mol. The van der Waals surface area contributed by atoms with E-state index in [0.717, 1.165) is 6.54 Å². The smallest absolute Gasteiger partial charge is 0.0328 e. The van der Waals surface area contributed by atoms with Crippen molar-refractivity contribution in [1.29, 1.82) is 0 Å². The number of halogens is 1. The summed E-state index contributed by atoms with van der Waals surface area (Å²) in [6, 6.07) is 4.70. The molecular formula is C12H21ClN2S. The van der Waals surface area contributed by atoms with Gasteiger partial charge in [-0.3, -0.25) is 4.90 Å². The molecule has 92 valence electrons. The predicted molar refractivity (Wildman–Crippen MR) is 73.2 cm³/mol. The van der Waals surface area contributed by atoms with Crippen LogP contribution in [0.4, 0.5) is 0 Å². The highest BCUT2D eigenvalue weighted by atomic mass is 35.5. The minimum atomic E-state index is 0. The molecule has 2 heterocycles. The molecule has 2 nitrogen and oxygen atoms in total. The number of hydrogen-bond acceptors (Lipinski definition) is 3. The molecule has 1 aromatic heterocycles. The summed E-state index contributed by atoms with van der Waals surface area (Å²) < 4.78 is 0. The molecular weight excluding hydrogens is 240 g/mol. The van der Waals surface area contributed by atoms with Gasteiger partial charge in [0.2, 0.25) is 0 Å². The molecule has 1 aromatic rings. The van der Waals surface area contributed by atoms with Gasteiger partial charge in [0.1, 0.15) is 0 Å². The van der Waals surface area contributed by atoms with E-state index in [1.165, 1.54) is 30.8 Å². The number of rotatable bonds is 3. The Labute approximate surface area is 108 Å². The topological polar surface area (TPSA) is 29.3 Å². The van der Waals surface area contributed by atoms with E-state index in [2.05, 4.69) is 29.3 Å². The van der Waals surface area contributed by atoms with E-state index in [4.69, 9.17) is 5.73 Å². The molecule has 0 saturated carbocycles. The summed E-state index contributed by atoms with van der Waals surface area (Å²) in [5.74, 6) is 0.693. The van der Waals surface area contributed by atoms with Gasteiger partial charge in [0.05, 0.1) is 0 Å². The van der Waals surface area contributed by atoms with Crippen LogP contribution in [0.2, 0.25) is 0 Å². The summed E-state index contributed by atoms with van der Waals surface area (Å²) >= 11 is 1.85. The first-order valence-electron chi connectivity index (χ1n) is 5.76. The number of likely N-dealkylation sites (tertiary alicyclic amines) is 1. The molecule has 1 aliphatic heterocycles. The van der Waals surface area contributed by atoms with Gasteiger partial charge >= 0.3 is 0 Å². The van der Waals surface area contributed by atoms with Gasteiger partial charge in [0, 0.05) is 24.0 Å². The lowest BCUT2D eigenvalue weighted by molar-refractivity contribution is 0.155. The molecule has 2 atom stereocenters. The van der Waals surface area contributed by atoms with E-state index in [0.29, 0.717) is 12.0 Å². The van der Waals surface area contributed by atoms with Gasteiger partial charge in [-0.05, 0) is 43.7 Å². The summed E-state index contributed by atoms with van der Waals surface area (Å²) in [5, 5.41) is 2.16. The quantitative estimate of drug-likeness (QED) is 0.906. The number of thiophene rings is 1. The molecule has 2 unspecified atom stereocenters. The average Bonchev–Trinajstić information content (AvgIpc) is 2.71. The zero-order valence-electron chi connectivity index (χ0n) is 9.76. The fraction of sp³-hybridized carbons (Fsp3) is 0.667. The van der Waals surface area contributed by atoms with Crippen molar-refractivity contribution in [3.63, 3.8) is 0 Å². The number of hydrogen-bond donors (Lipinski definition) is 1. The van der Waals surface area contributed by atoms with Gasteiger partial charge in [-0.15, -0.1) is 23.7 Å². The van der Waals surface area contributed by atoms with Crippen molar-refractivity contribution in [2.75, 3.05) is 13.1 Å². The van der Waals surface area contributed by atoms with Crippen LogP contribution in [0.15, 0.2) is 17.5 Å². The Hall–Kier alpha value is -0.0900. The van der Waals surface area contributed by atoms with Crippen molar-refractivity contribution in [2.24, 2.45) is 11.7 Å². The zero-order chi connectivity index (χ0) is 10.7. The highest BCUT2D eigenvalue weighted by Crippen LogP contribution is 2.21. The van der Waals surface area contributed by atoms with E-state index in [1.54, 1.807) is 0 Å². The third kappa shape index (κ3) is 3.74. The molecule has 0 aliphatic carbocycles. The van der Waals surface area contributed by atoms with Gasteiger partial charge in [-0.1, -0.05) is 6.07 Å². The molecule has 2 N–H and O–H groups in total. The minimum absolute atomic E-state index is 0. The average molecular weight is 261 g/mol. The van der Waals surface area contributed by atoms with Crippen LogP contribution in [0.25, 0.3) is 0 Å². The van der Waals surface area contributed by atoms with Crippen LogP contribution in [0.5, 0.6) is 0 Å². The van der Waals surface area contributed by atoms with Crippen LogP contribution in [-0.2, 0) is 6.54 Å². The van der Waals surface area contributed by atoms with Crippen molar-refractivity contribution in [3.8, 4) is 0 Å². The Bertz CT molecular complexity index is 287. The Morgan fingerprint density at radius 3 is 3.06 bits per heavy atom. The van der Waals surface area contributed by atoms with Crippen LogP contribution in [0, 0.1) is 5.92 Å². The van der Waals surface area contributed by atoms with E-state index < -0.39 is 0 Å². The predicted octanol–water partition coefficient (Wildman–Crippen LogP) is 2.73. The second-order valence-corrected chi connectivity index (χ2v) is 5.61. The van der Waals surface area contributed by atoms with Gasteiger partial charge in [-0.2, -0.15) is 0 Å². The Kier molecular flexibility index (Phi) is 5.76. The molecule has 0 amide bonds. The summed E-state index contributed by atoms with van der Waals surface area (Å²) in [4.78, 5) is 4.02. The summed E-state index contributed by atoms with van der Waals surface area (Å²) in [6.45, 7) is 5.66. The lowest BCUT2D eigenvalue weighted by Crippen LogP contribution is -2.41. The van der Waals surface area contributed by atoms with E-state index in [1.807, 2.05) is 11.3 Å². The van der Waals surface area contributed by atoms with Crippen LogP contribution in [0.1, 0.15) is 24.6 Å². The highest BCUT2D eigenvalue weighted by Gasteiger charge is 2.22. The third-order valence-corrected chi connectivity index (χ3v) is 4.11. The van der Waals surface area contributed by atoms with Gasteiger partial charge < -0.3 is 5.73 Å². The van der Waals surface area contributed by atoms with Gasteiger partial charge in [-0.25, -0.2) is 0 Å². The minimum Gasteiger partial charge on any atom is -0.328 e. The van der Waals surface area contributed by atoms with Crippen molar-refractivity contribution < 1.29 is 0 Å². The van der Waals surface area contributed by atoms with E-state index >= 15 is 0 Å². The fourth-order valence-electron chi connectivity index (χ4n) is 2.29. The first-order chi connectivity index (χ1) is 7.25. The molecule has 2 rings (SSSR count). The zero-order valence-corrected chi connectivity index (χ0v) is 11.4. The molecule has 1 saturated heterocycles. The first-order valence-corrected chi connectivity index (χ1v) is 6.64. The van der Waals surface area contributed by atoms with Crippen molar-refractivity contribution in [1.82, 2.24) is 4.90 Å². The maximum Gasteiger partial charge on any atom is 0.0328 e. The molecule has 16 heavy (non-hydrogen) atoms. The molecule has 1 aliphatic rings. The lowest BCUT2D eigenvalue weighted by atomic mass is 9.92. The maximum absolute atomic E-state index is 5.98. The van der Waals surface area contributed by atoms with E-state index in [-0.39, 0.29) is 12.4 Å². The molecule has 0 radical (unpaired) electrons. The molecule has 1 fully saturated rings. The summed E-state index contributed by atoms with van der Waals surface area (Å²) in [7, 11) is 0. The fourth-order valence-corrected chi connectivity index (χ4v) is 3.03. The molecule has 0 bridgehead atoms. The Balaban J connectivity index is 0.00000128. The standard InChI is InChI=1S/C12H20N2S.ClH/c1-10(13)11-4-2-6-14(8-11)9-12-5-3-7-15-12;/h3,5,7,10-11H,2,4,6,8-9,13H2,1H3;1H. The third-order valence-electron chi connectivity index (χ3n) is 3.25. The SMILES string of the molecule is CC(N)C1CCCN(Cc2cccs2)C1.Cl. The van der Waals surface area contributed by atoms with Gasteiger partial charge in [0.15, 0.2) is 0 Å². The van der Waals surface area contributed by atoms with Crippen LogP contribution >= 0.6 is 23.7 Å². The lowest BCUT2D eigenvalue weighted by Gasteiger charge is -2.34. The number of nitrogens with two attached hydrogens (primary N) is 1. The van der Waals surface area contributed by atoms with Crippen LogP contribution in [0.3, 0.4) is 0 Å². The molecule has 0 spiro atoms. The van der Waals surface area contributed by atoms with Crippen LogP contribution < -0.4 is 5.73 Å². The molecule has 4 heteroatoms. The van der Waals surface area contributed by atoms with Crippen LogP contribution in [-0.4, -0.2) is 24.0 Å². The Morgan fingerprint density at radius 1 is 1.62 bits per heavy atom. The highest BCUT2D eigenvalue weighted by molar-refractivity contribution is 7.09. The van der Waals surface area contributed by atoms with Crippen molar-refractivity contribution in [3.05, 3.63) is 22.4 Å². The van der Waals surface area contributed by atoms with Crippen molar-refractivity contribution in [2.45, 2.75) is 32.4 Å². The van der Waals surface area contributed by atoms with Gasteiger partial charge in [0.25, 0.3) is 0 Å².